The topological polar surface area (TPSA) is 57.6 Å². The number of carbonyl (C=O) groups is 2. The van der Waals surface area contributed by atoms with Crippen molar-refractivity contribution in [2.24, 2.45) is 5.41 Å². The molecular formula is C15H17NO3. The van der Waals surface area contributed by atoms with Crippen LogP contribution in [0.5, 0.6) is 5.75 Å². The molecule has 3 rings (SSSR count). The molecule has 100 valence electrons. The monoisotopic (exact) mass is 259 g/mol. The molecule has 0 bridgehead atoms. The molecule has 0 radical (unpaired) electrons. The first-order valence-corrected chi connectivity index (χ1v) is 6.79. The Morgan fingerprint density at radius 2 is 1.63 bits per heavy atom. The number of aromatic hydroxyl groups is 1. The van der Waals surface area contributed by atoms with Gasteiger partial charge in [0, 0.05) is 6.42 Å². The summed E-state index contributed by atoms with van der Waals surface area (Å²) in [5, 5.41) is 9.29. The van der Waals surface area contributed by atoms with Gasteiger partial charge < -0.3 is 5.11 Å². The zero-order valence-electron chi connectivity index (χ0n) is 10.8. The molecule has 1 spiro atoms. The van der Waals surface area contributed by atoms with Crippen LogP contribution in [0.25, 0.3) is 0 Å². The zero-order chi connectivity index (χ0) is 13.5. The second kappa shape index (κ2) is 4.37. The number of carbonyl (C=O) groups excluding carboxylic acids is 2. The number of phenols is 1. The van der Waals surface area contributed by atoms with Gasteiger partial charge in [0.2, 0.25) is 11.8 Å². The molecular weight excluding hydrogens is 242 g/mol. The highest BCUT2D eigenvalue weighted by Crippen LogP contribution is 2.46. The van der Waals surface area contributed by atoms with Crippen molar-refractivity contribution in [3.63, 3.8) is 0 Å². The largest absolute Gasteiger partial charge is 0.508 e. The average Bonchev–Trinajstić information content (AvgIpc) is 2.64. The number of amides is 2. The van der Waals surface area contributed by atoms with Crippen LogP contribution in [0.3, 0.4) is 0 Å². The fourth-order valence-electron chi connectivity index (χ4n) is 3.28. The Morgan fingerprint density at radius 3 is 2.26 bits per heavy atom. The van der Waals surface area contributed by atoms with Gasteiger partial charge in [-0.15, -0.1) is 0 Å². The molecule has 0 atom stereocenters. The molecule has 0 unspecified atom stereocenters. The number of rotatable bonds is 1. The van der Waals surface area contributed by atoms with E-state index in [-0.39, 0.29) is 17.6 Å². The minimum atomic E-state index is -0.451. The van der Waals surface area contributed by atoms with E-state index in [0.29, 0.717) is 12.1 Å². The van der Waals surface area contributed by atoms with Gasteiger partial charge in [0.05, 0.1) is 11.1 Å². The summed E-state index contributed by atoms with van der Waals surface area (Å²) >= 11 is 0. The third kappa shape index (κ3) is 1.91. The summed E-state index contributed by atoms with van der Waals surface area (Å²) in [7, 11) is 0. The first-order valence-electron chi connectivity index (χ1n) is 6.79. The van der Waals surface area contributed by atoms with Crippen LogP contribution >= 0.6 is 0 Å². The van der Waals surface area contributed by atoms with Gasteiger partial charge in [0.25, 0.3) is 0 Å². The summed E-state index contributed by atoms with van der Waals surface area (Å²) in [4.78, 5) is 26.1. The molecule has 2 fully saturated rings. The van der Waals surface area contributed by atoms with Gasteiger partial charge in [0.1, 0.15) is 5.75 Å². The van der Waals surface area contributed by atoms with Crippen molar-refractivity contribution in [3.05, 3.63) is 24.3 Å². The molecule has 1 saturated carbocycles. The molecule has 1 aliphatic heterocycles. The number of imide groups is 1. The fourth-order valence-corrected chi connectivity index (χ4v) is 3.28. The lowest BCUT2D eigenvalue weighted by Crippen LogP contribution is -2.36. The van der Waals surface area contributed by atoms with E-state index in [1.165, 1.54) is 17.0 Å². The standard InChI is InChI=1S/C15H17NO3/c17-12-6-4-11(5-7-12)16-13(18)10-15(14(16)19)8-2-1-3-9-15/h4-7,17H,1-3,8-10H2. The highest BCUT2D eigenvalue weighted by molar-refractivity contribution is 6.22. The second-order valence-electron chi connectivity index (χ2n) is 5.57. The summed E-state index contributed by atoms with van der Waals surface area (Å²) in [5.41, 5.74) is 0.114. The van der Waals surface area contributed by atoms with Crippen molar-refractivity contribution in [2.75, 3.05) is 4.90 Å². The predicted molar refractivity (Wildman–Crippen MR) is 70.7 cm³/mol. The van der Waals surface area contributed by atoms with E-state index in [0.717, 1.165) is 32.1 Å². The Balaban J connectivity index is 1.92. The molecule has 4 heteroatoms. The van der Waals surface area contributed by atoms with Crippen molar-refractivity contribution in [1.82, 2.24) is 0 Å². The number of nitrogens with zero attached hydrogens (tertiary/aromatic N) is 1. The smallest absolute Gasteiger partial charge is 0.240 e. The second-order valence-corrected chi connectivity index (χ2v) is 5.57. The van der Waals surface area contributed by atoms with Gasteiger partial charge in [0.15, 0.2) is 0 Å². The normalized spacial score (nSPS) is 22.2. The van der Waals surface area contributed by atoms with Crippen LogP contribution in [0.2, 0.25) is 0 Å². The van der Waals surface area contributed by atoms with E-state index in [1.54, 1.807) is 12.1 Å². The van der Waals surface area contributed by atoms with E-state index in [1.807, 2.05) is 0 Å². The zero-order valence-corrected chi connectivity index (χ0v) is 10.8. The molecule has 19 heavy (non-hydrogen) atoms. The Bertz CT molecular complexity index is 515. The van der Waals surface area contributed by atoms with Crippen molar-refractivity contribution >= 4 is 17.5 Å². The molecule has 0 aromatic heterocycles. The maximum absolute atomic E-state index is 12.6. The summed E-state index contributed by atoms with van der Waals surface area (Å²) in [6.07, 6.45) is 5.21. The molecule has 2 aliphatic rings. The molecule has 1 aliphatic carbocycles. The maximum Gasteiger partial charge on any atom is 0.240 e. The lowest BCUT2D eigenvalue weighted by Gasteiger charge is -2.30. The van der Waals surface area contributed by atoms with Crippen molar-refractivity contribution in [3.8, 4) is 5.75 Å². The Labute approximate surface area is 112 Å². The highest BCUT2D eigenvalue weighted by Gasteiger charge is 2.51. The maximum atomic E-state index is 12.6. The average molecular weight is 259 g/mol. The number of benzene rings is 1. The first-order chi connectivity index (χ1) is 9.12. The summed E-state index contributed by atoms with van der Waals surface area (Å²) in [5.74, 6) is -0.0318. The molecule has 1 aromatic carbocycles. The summed E-state index contributed by atoms with van der Waals surface area (Å²) in [6.45, 7) is 0. The Morgan fingerprint density at radius 1 is 1.00 bits per heavy atom. The molecule has 1 saturated heterocycles. The number of hydrogen-bond acceptors (Lipinski definition) is 3. The van der Waals surface area contributed by atoms with E-state index in [4.69, 9.17) is 0 Å². The summed E-state index contributed by atoms with van der Waals surface area (Å²) in [6, 6.07) is 6.24. The van der Waals surface area contributed by atoms with E-state index in [9.17, 15) is 14.7 Å². The van der Waals surface area contributed by atoms with Crippen LogP contribution in [0, 0.1) is 5.41 Å². The van der Waals surface area contributed by atoms with Crippen LogP contribution in [0.4, 0.5) is 5.69 Å². The first kappa shape index (κ1) is 12.2. The van der Waals surface area contributed by atoms with Crippen LogP contribution in [0.15, 0.2) is 24.3 Å². The van der Waals surface area contributed by atoms with Crippen LogP contribution in [0.1, 0.15) is 38.5 Å². The highest BCUT2D eigenvalue weighted by atomic mass is 16.3. The lowest BCUT2D eigenvalue weighted by atomic mass is 9.73. The molecule has 1 heterocycles. The van der Waals surface area contributed by atoms with Gasteiger partial charge >= 0.3 is 0 Å². The lowest BCUT2D eigenvalue weighted by molar-refractivity contribution is -0.127. The van der Waals surface area contributed by atoms with E-state index >= 15 is 0 Å². The summed E-state index contributed by atoms with van der Waals surface area (Å²) < 4.78 is 0. The minimum Gasteiger partial charge on any atom is -0.508 e. The third-order valence-electron chi connectivity index (χ3n) is 4.31. The van der Waals surface area contributed by atoms with Gasteiger partial charge in [-0.2, -0.15) is 0 Å². The van der Waals surface area contributed by atoms with Gasteiger partial charge in [-0.05, 0) is 37.1 Å². The Kier molecular flexibility index (Phi) is 2.81. The van der Waals surface area contributed by atoms with Gasteiger partial charge in [-0.1, -0.05) is 19.3 Å². The molecule has 1 N–H and O–H groups in total. The van der Waals surface area contributed by atoms with Crippen LogP contribution in [-0.4, -0.2) is 16.9 Å². The van der Waals surface area contributed by atoms with Crippen molar-refractivity contribution < 1.29 is 14.7 Å². The minimum absolute atomic E-state index is 0.0529. The Hall–Kier alpha value is -1.84. The third-order valence-corrected chi connectivity index (χ3v) is 4.31. The number of phenolic OH excluding ortho intramolecular Hbond substituents is 1. The van der Waals surface area contributed by atoms with E-state index in [2.05, 4.69) is 0 Å². The number of hydrogen-bond donors (Lipinski definition) is 1. The SMILES string of the molecule is O=C1CC2(CCCCC2)C(=O)N1c1ccc(O)cc1. The molecule has 2 amide bonds. The van der Waals surface area contributed by atoms with E-state index < -0.39 is 5.41 Å². The molecule has 4 nitrogen and oxygen atoms in total. The number of anilines is 1. The van der Waals surface area contributed by atoms with Gasteiger partial charge in [-0.3, -0.25) is 14.5 Å². The van der Waals surface area contributed by atoms with Gasteiger partial charge in [-0.25, -0.2) is 0 Å². The van der Waals surface area contributed by atoms with Crippen molar-refractivity contribution in [1.29, 1.82) is 0 Å². The van der Waals surface area contributed by atoms with Crippen LogP contribution in [-0.2, 0) is 9.59 Å². The quantitative estimate of drug-likeness (QED) is 0.789. The van der Waals surface area contributed by atoms with Crippen molar-refractivity contribution in [2.45, 2.75) is 38.5 Å². The predicted octanol–water partition coefficient (Wildman–Crippen LogP) is 2.61. The fraction of sp³-hybridized carbons (Fsp3) is 0.467. The van der Waals surface area contributed by atoms with Crippen LogP contribution < -0.4 is 4.90 Å². The molecule has 1 aromatic rings.